The summed E-state index contributed by atoms with van der Waals surface area (Å²) in [6.07, 6.45) is 0. The number of carbonyl (C=O) groups is 1. The number of nitrogens with zero attached hydrogens (tertiary/aromatic N) is 1. The van der Waals surface area contributed by atoms with Gasteiger partial charge in [0.2, 0.25) is 0 Å². The van der Waals surface area contributed by atoms with Crippen LogP contribution in [0, 0.1) is 0 Å². The van der Waals surface area contributed by atoms with Gasteiger partial charge in [-0.15, -0.1) is 0 Å². The number of aliphatic hydroxyl groups excluding tert-OH is 1. The van der Waals surface area contributed by atoms with Gasteiger partial charge in [-0.2, -0.15) is 0 Å². The van der Waals surface area contributed by atoms with Gasteiger partial charge >= 0.3 is 6.03 Å². The molecule has 0 aromatic heterocycles. The molecule has 0 spiro atoms. The van der Waals surface area contributed by atoms with E-state index in [9.17, 15) is 4.79 Å². The second kappa shape index (κ2) is 7.68. The Balaban J connectivity index is 2.55. The number of carbonyl (C=O) groups excluding carboxylic acids is 1. The van der Waals surface area contributed by atoms with Crippen LogP contribution >= 0.6 is 0 Å². The summed E-state index contributed by atoms with van der Waals surface area (Å²) in [5.41, 5.74) is 2.09. The first-order valence-electron chi connectivity index (χ1n) is 5.84. The highest BCUT2D eigenvalue weighted by Crippen LogP contribution is 2.09. The first-order chi connectivity index (χ1) is 8.69. The Labute approximate surface area is 107 Å². The van der Waals surface area contributed by atoms with Crippen LogP contribution in [0.4, 0.5) is 4.79 Å². The Kier molecular flexibility index (Phi) is 6.18. The van der Waals surface area contributed by atoms with Crippen LogP contribution in [0.3, 0.4) is 0 Å². The summed E-state index contributed by atoms with van der Waals surface area (Å²) in [7, 11) is 3.29. The minimum atomic E-state index is -0.198. The minimum Gasteiger partial charge on any atom is -0.395 e. The maximum atomic E-state index is 11.6. The van der Waals surface area contributed by atoms with Crippen molar-refractivity contribution in [3.05, 3.63) is 35.4 Å². The third-order valence-electron chi connectivity index (χ3n) is 2.63. The molecule has 5 heteroatoms. The van der Waals surface area contributed by atoms with Crippen molar-refractivity contribution in [2.24, 2.45) is 0 Å². The Bertz CT molecular complexity index is 382. The van der Waals surface area contributed by atoms with Crippen LogP contribution in [-0.4, -0.2) is 43.3 Å². The van der Waals surface area contributed by atoms with Crippen molar-refractivity contribution in [3.8, 4) is 0 Å². The second-order valence-corrected chi connectivity index (χ2v) is 4.01. The molecule has 0 fully saturated rings. The van der Waals surface area contributed by atoms with E-state index in [0.29, 0.717) is 19.7 Å². The maximum Gasteiger partial charge on any atom is 0.317 e. The molecule has 0 bridgehead atoms. The van der Waals surface area contributed by atoms with E-state index in [4.69, 9.17) is 9.84 Å². The predicted molar refractivity (Wildman–Crippen MR) is 69.1 cm³/mol. The smallest absolute Gasteiger partial charge is 0.317 e. The van der Waals surface area contributed by atoms with Crippen LogP contribution in [-0.2, 0) is 17.9 Å². The van der Waals surface area contributed by atoms with Crippen LogP contribution in [0.2, 0.25) is 0 Å². The molecule has 1 rings (SSSR count). The number of methoxy groups -OCH3 is 1. The average Bonchev–Trinajstić information content (AvgIpc) is 2.38. The van der Waals surface area contributed by atoms with Gasteiger partial charge in [-0.3, -0.25) is 0 Å². The molecule has 0 unspecified atom stereocenters. The lowest BCUT2D eigenvalue weighted by Crippen LogP contribution is -2.38. The number of aliphatic hydroxyl groups is 1. The fourth-order valence-corrected chi connectivity index (χ4v) is 1.58. The van der Waals surface area contributed by atoms with Gasteiger partial charge in [0.25, 0.3) is 0 Å². The second-order valence-electron chi connectivity index (χ2n) is 4.01. The Morgan fingerprint density at radius 2 is 2.06 bits per heavy atom. The van der Waals surface area contributed by atoms with Crippen molar-refractivity contribution in [2.45, 2.75) is 13.2 Å². The maximum absolute atomic E-state index is 11.6. The molecule has 5 nitrogen and oxygen atoms in total. The van der Waals surface area contributed by atoms with Crippen LogP contribution < -0.4 is 5.32 Å². The average molecular weight is 252 g/mol. The number of nitrogens with one attached hydrogen (secondary N) is 1. The SMILES string of the molecule is COCc1ccccc1CNC(=O)N(C)CCO. The zero-order chi connectivity index (χ0) is 13.4. The fourth-order valence-electron chi connectivity index (χ4n) is 1.58. The zero-order valence-corrected chi connectivity index (χ0v) is 10.8. The number of hydrogen-bond acceptors (Lipinski definition) is 3. The quantitative estimate of drug-likeness (QED) is 0.793. The van der Waals surface area contributed by atoms with Gasteiger partial charge in [-0.25, -0.2) is 4.79 Å². The summed E-state index contributed by atoms with van der Waals surface area (Å²) >= 11 is 0. The fraction of sp³-hybridized carbons (Fsp3) is 0.462. The third kappa shape index (κ3) is 4.35. The Hall–Kier alpha value is -1.59. The van der Waals surface area contributed by atoms with Crippen molar-refractivity contribution in [1.82, 2.24) is 10.2 Å². The molecule has 100 valence electrons. The highest BCUT2D eigenvalue weighted by atomic mass is 16.5. The van der Waals surface area contributed by atoms with Crippen LogP contribution in [0.1, 0.15) is 11.1 Å². The van der Waals surface area contributed by atoms with Gasteiger partial charge in [-0.05, 0) is 11.1 Å². The number of urea groups is 1. The van der Waals surface area contributed by atoms with E-state index in [-0.39, 0.29) is 12.6 Å². The number of ether oxygens (including phenoxy) is 1. The third-order valence-corrected chi connectivity index (χ3v) is 2.63. The first kappa shape index (κ1) is 14.5. The van der Waals surface area contributed by atoms with E-state index in [0.717, 1.165) is 11.1 Å². The van der Waals surface area contributed by atoms with Crippen molar-refractivity contribution in [3.63, 3.8) is 0 Å². The molecule has 18 heavy (non-hydrogen) atoms. The van der Waals surface area contributed by atoms with Crippen molar-refractivity contribution < 1.29 is 14.6 Å². The molecule has 0 saturated heterocycles. The highest BCUT2D eigenvalue weighted by molar-refractivity contribution is 5.73. The standard InChI is InChI=1S/C13H20N2O3/c1-15(7-8-16)13(17)14-9-11-5-3-4-6-12(11)10-18-2/h3-6,16H,7-10H2,1-2H3,(H,14,17). The van der Waals surface area contributed by atoms with Gasteiger partial charge in [0.05, 0.1) is 13.2 Å². The van der Waals surface area contributed by atoms with Gasteiger partial charge in [0, 0.05) is 27.2 Å². The van der Waals surface area contributed by atoms with Gasteiger partial charge in [0.1, 0.15) is 0 Å². The number of rotatable bonds is 6. The molecular weight excluding hydrogens is 232 g/mol. The van der Waals surface area contributed by atoms with Crippen molar-refractivity contribution >= 4 is 6.03 Å². The predicted octanol–water partition coefficient (Wildman–Crippen LogP) is 0.967. The molecule has 0 aliphatic rings. The molecule has 0 atom stereocenters. The van der Waals surface area contributed by atoms with E-state index in [1.54, 1.807) is 14.2 Å². The lowest BCUT2D eigenvalue weighted by molar-refractivity contribution is 0.183. The zero-order valence-electron chi connectivity index (χ0n) is 10.8. The van der Waals surface area contributed by atoms with Crippen LogP contribution in [0.5, 0.6) is 0 Å². The van der Waals surface area contributed by atoms with E-state index in [1.165, 1.54) is 4.90 Å². The molecule has 1 aromatic rings. The van der Waals surface area contributed by atoms with Gasteiger partial charge in [-0.1, -0.05) is 24.3 Å². The van der Waals surface area contributed by atoms with E-state index in [2.05, 4.69) is 5.32 Å². The Morgan fingerprint density at radius 1 is 1.39 bits per heavy atom. The number of amides is 2. The minimum absolute atomic E-state index is 0.0375. The molecule has 0 heterocycles. The normalized spacial score (nSPS) is 10.2. The molecule has 0 saturated carbocycles. The van der Waals surface area contributed by atoms with Gasteiger partial charge < -0.3 is 20.1 Å². The molecule has 2 N–H and O–H groups in total. The summed E-state index contributed by atoms with van der Waals surface area (Å²) in [5, 5.41) is 11.5. The largest absolute Gasteiger partial charge is 0.395 e. The summed E-state index contributed by atoms with van der Waals surface area (Å²) in [5.74, 6) is 0. The van der Waals surface area contributed by atoms with Crippen LogP contribution in [0.15, 0.2) is 24.3 Å². The van der Waals surface area contributed by atoms with Crippen LogP contribution in [0.25, 0.3) is 0 Å². The number of benzene rings is 1. The summed E-state index contributed by atoms with van der Waals surface area (Å²) in [6, 6.07) is 7.61. The first-order valence-corrected chi connectivity index (χ1v) is 5.84. The lowest BCUT2D eigenvalue weighted by Gasteiger charge is -2.17. The molecule has 0 radical (unpaired) electrons. The number of hydrogen-bond donors (Lipinski definition) is 2. The monoisotopic (exact) mass is 252 g/mol. The molecule has 2 amide bonds. The molecular formula is C13H20N2O3. The summed E-state index contributed by atoms with van der Waals surface area (Å²) in [4.78, 5) is 13.1. The molecule has 0 aliphatic heterocycles. The van der Waals surface area contributed by atoms with E-state index >= 15 is 0 Å². The van der Waals surface area contributed by atoms with E-state index < -0.39 is 0 Å². The summed E-state index contributed by atoms with van der Waals surface area (Å²) < 4.78 is 5.11. The van der Waals surface area contributed by atoms with Crippen molar-refractivity contribution in [2.75, 3.05) is 27.3 Å². The highest BCUT2D eigenvalue weighted by Gasteiger charge is 2.08. The topological polar surface area (TPSA) is 61.8 Å². The van der Waals surface area contributed by atoms with Gasteiger partial charge in [0.15, 0.2) is 0 Å². The molecule has 0 aliphatic carbocycles. The number of likely N-dealkylation sites (N-methyl/N-ethyl adjacent to an activating group) is 1. The van der Waals surface area contributed by atoms with Crippen molar-refractivity contribution in [1.29, 1.82) is 0 Å². The van der Waals surface area contributed by atoms with E-state index in [1.807, 2.05) is 24.3 Å². The Morgan fingerprint density at radius 3 is 2.67 bits per heavy atom. The molecule has 1 aromatic carbocycles. The summed E-state index contributed by atoms with van der Waals surface area (Å²) in [6.45, 7) is 1.27. The lowest BCUT2D eigenvalue weighted by atomic mass is 10.1.